The van der Waals surface area contributed by atoms with Crippen molar-refractivity contribution >= 4 is 11.5 Å². The van der Waals surface area contributed by atoms with Crippen LogP contribution in [0.25, 0.3) is 0 Å². The Morgan fingerprint density at radius 2 is 2.42 bits per heavy atom. The molecule has 19 heavy (non-hydrogen) atoms. The van der Waals surface area contributed by atoms with Gasteiger partial charge in [0.15, 0.2) is 5.82 Å². The standard InChI is InChI=1S/C12H21N5O2/c1-3-17-4-5-19-9(7-17)6-14-11-10(13)12(18-2)16-8-15-11/h8-9H,3-7,13H2,1-2H3,(H,14,15,16). The lowest BCUT2D eigenvalue weighted by atomic mass is 10.2. The average Bonchev–Trinajstić information content (AvgIpc) is 2.46. The normalized spacial score (nSPS) is 20.2. The zero-order valence-corrected chi connectivity index (χ0v) is 11.4. The largest absolute Gasteiger partial charge is 0.479 e. The van der Waals surface area contributed by atoms with Crippen LogP contribution in [0, 0.1) is 0 Å². The molecule has 106 valence electrons. The van der Waals surface area contributed by atoms with E-state index in [1.54, 1.807) is 0 Å². The summed E-state index contributed by atoms with van der Waals surface area (Å²) in [4.78, 5) is 10.4. The lowest BCUT2D eigenvalue weighted by molar-refractivity contribution is -0.0192. The molecule has 0 amide bonds. The number of ether oxygens (including phenoxy) is 2. The van der Waals surface area contributed by atoms with E-state index < -0.39 is 0 Å². The molecule has 1 saturated heterocycles. The van der Waals surface area contributed by atoms with Crippen molar-refractivity contribution < 1.29 is 9.47 Å². The summed E-state index contributed by atoms with van der Waals surface area (Å²) in [6.45, 7) is 6.55. The number of nitrogens with two attached hydrogens (primary N) is 1. The first-order valence-corrected chi connectivity index (χ1v) is 6.46. The number of nitrogen functional groups attached to an aromatic ring is 1. The highest BCUT2D eigenvalue weighted by atomic mass is 16.5. The van der Waals surface area contributed by atoms with Crippen molar-refractivity contribution in [1.82, 2.24) is 14.9 Å². The Kier molecular flexibility index (Phi) is 4.75. The molecule has 0 radical (unpaired) electrons. The van der Waals surface area contributed by atoms with Gasteiger partial charge in [-0.3, -0.25) is 4.90 Å². The molecule has 2 rings (SSSR count). The number of hydrogen-bond acceptors (Lipinski definition) is 7. The molecule has 7 nitrogen and oxygen atoms in total. The van der Waals surface area contributed by atoms with Crippen LogP contribution >= 0.6 is 0 Å². The molecule has 1 aromatic heterocycles. The van der Waals surface area contributed by atoms with E-state index in [0.29, 0.717) is 23.9 Å². The summed E-state index contributed by atoms with van der Waals surface area (Å²) in [5, 5.41) is 3.19. The van der Waals surface area contributed by atoms with Crippen LogP contribution in [0.4, 0.5) is 11.5 Å². The highest BCUT2D eigenvalue weighted by Crippen LogP contribution is 2.23. The third-order valence-corrected chi connectivity index (χ3v) is 3.21. The Morgan fingerprint density at radius 1 is 1.58 bits per heavy atom. The van der Waals surface area contributed by atoms with E-state index in [1.807, 2.05) is 0 Å². The van der Waals surface area contributed by atoms with Crippen molar-refractivity contribution in [2.75, 3.05) is 50.9 Å². The van der Waals surface area contributed by atoms with Gasteiger partial charge < -0.3 is 20.5 Å². The zero-order valence-electron chi connectivity index (χ0n) is 11.4. The summed E-state index contributed by atoms with van der Waals surface area (Å²) < 4.78 is 10.8. The number of morpholine rings is 1. The molecule has 3 N–H and O–H groups in total. The minimum Gasteiger partial charge on any atom is -0.479 e. The second kappa shape index (κ2) is 6.53. The second-order valence-corrected chi connectivity index (χ2v) is 4.41. The van der Waals surface area contributed by atoms with Crippen LogP contribution in [0.3, 0.4) is 0 Å². The molecule has 7 heteroatoms. The van der Waals surface area contributed by atoms with Crippen LogP contribution in [0.1, 0.15) is 6.92 Å². The Balaban J connectivity index is 1.91. The number of hydrogen-bond donors (Lipinski definition) is 2. The van der Waals surface area contributed by atoms with E-state index in [9.17, 15) is 0 Å². The average molecular weight is 267 g/mol. The van der Waals surface area contributed by atoms with Gasteiger partial charge >= 0.3 is 0 Å². The van der Waals surface area contributed by atoms with Crippen molar-refractivity contribution in [1.29, 1.82) is 0 Å². The van der Waals surface area contributed by atoms with Gasteiger partial charge in [-0.05, 0) is 6.54 Å². The molecule has 1 fully saturated rings. The fraction of sp³-hybridized carbons (Fsp3) is 0.667. The first-order valence-electron chi connectivity index (χ1n) is 6.46. The molecule has 1 aromatic rings. The summed E-state index contributed by atoms with van der Waals surface area (Å²) in [5.74, 6) is 0.973. The van der Waals surface area contributed by atoms with Gasteiger partial charge in [-0.15, -0.1) is 0 Å². The lowest BCUT2D eigenvalue weighted by Gasteiger charge is -2.32. The first kappa shape index (κ1) is 13.8. The van der Waals surface area contributed by atoms with Crippen LogP contribution in [0.2, 0.25) is 0 Å². The molecular formula is C12H21N5O2. The third-order valence-electron chi connectivity index (χ3n) is 3.21. The van der Waals surface area contributed by atoms with E-state index in [2.05, 4.69) is 27.1 Å². The Hall–Kier alpha value is -1.60. The van der Waals surface area contributed by atoms with Crippen LogP contribution in [0.15, 0.2) is 6.33 Å². The van der Waals surface area contributed by atoms with Gasteiger partial charge in [0.25, 0.3) is 0 Å². The van der Waals surface area contributed by atoms with Crippen LogP contribution in [0.5, 0.6) is 5.88 Å². The quantitative estimate of drug-likeness (QED) is 0.788. The predicted molar refractivity (Wildman–Crippen MR) is 73.3 cm³/mol. The molecule has 0 bridgehead atoms. The maximum atomic E-state index is 5.90. The number of methoxy groups -OCH3 is 1. The van der Waals surface area contributed by atoms with Gasteiger partial charge in [0.2, 0.25) is 5.88 Å². The molecule has 1 aliphatic heterocycles. The Bertz CT molecular complexity index is 415. The van der Waals surface area contributed by atoms with Crippen LogP contribution < -0.4 is 15.8 Å². The van der Waals surface area contributed by atoms with Gasteiger partial charge in [0, 0.05) is 19.6 Å². The van der Waals surface area contributed by atoms with E-state index in [0.717, 1.165) is 26.2 Å². The fourth-order valence-electron chi connectivity index (χ4n) is 2.08. The summed E-state index contributed by atoms with van der Waals surface area (Å²) in [7, 11) is 1.53. The molecule has 0 aromatic carbocycles. The topological polar surface area (TPSA) is 85.5 Å². The highest BCUT2D eigenvalue weighted by Gasteiger charge is 2.19. The number of aromatic nitrogens is 2. The molecule has 1 unspecified atom stereocenters. The summed E-state index contributed by atoms with van der Waals surface area (Å²) in [6, 6.07) is 0. The SMILES string of the molecule is CCN1CCOC(CNc2ncnc(OC)c2N)C1. The summed E-state index contributed by atoms with van der Waals surface area (Å²) >= 11 is 0. The summed E-state index contributed by atoms with van der Waals surface area (Å²) in [6.07, 6.45) is 1.58. The molecule has 1 atom stereocenters. The number of likely N-dealkylation sites (N-methyl/N-ethyl adjacent to an activating group) is 1. The fourth-order valence-corrected chi connectivity index (χ4v) is 2.08. The van der Waals surface area contributed by atoms with Gasteiger partial charge in [0.05, 0.1) is 19.8 Å². The molecule has 0 spiro atoms. The molecule has 1 aliphatic rings. The molecule has 0 aliphatic carbocycles. The third kappa shape index (κ3) is 3.45. The van der Waals surface area contributed by atoms with E-state index in [1.165, 1.54) is 13.4 Å². The lowest BCUT2D eigenvalue weighted by Crippen LogP contribution is -2.45. The van der Waals surface area contributed by atoms with Crippen molar-refractivity contribution in [3.8, 4) is 5.88 Å². The van der Waals surface area contributed by atoms with Crippen molar-refractivity contribution in [2.45, 2.75) is 13.0 Å². The molecule has 0 saturated carbocycles. The minimum atomic E-state index is 0.147. The smallest absolute Gasteiger partial charge is 0.242 e. The highest BCUT2D eigenvalue weighted by molar-refractivity contribution is 5.66. The maximum absolute atomic E-state index is 5.90. The summed E-state index contributed by atoms with van der Waals surface area (Å²) in [5.41, 5.74) is 6.32. The van der Waals surface area contributed by atoms with E-state index >= 15 is 0 Å². The van der Waals surface area contributed by atoms with Gasteiger partial charge in [-0.1, -0.05) is 6.92 Å². The predicted octanol–water partition coefficient (Wildman–Crippen LogP) is 0.200. The van der Waals surface area contributed by atoms with Crippen molar-refractivity contribution in [2.24, 2.45) is 0 Å². The second-order valence-electron chi connectivity index (χ2n) is 4.41. The Labute approximate surface area is 113 Å². The number of nitrogens with one attached hydrogen (secondary N) is 1. The zero-order chi connectivity index (χ0) is 13.7. The van der Waals surface area contributed by atoms with Crippen molar-refractivity contribution in [3.05, 3.63) is 6.33 Å². The monoisotopic (exact) mass is 267 g/mol. The Morgan fingerprint density at radius 3 is 3.16 bits per heavy atom. The molecule has 2 heterocycles. The number of rotatable bonds is 5. The number of anilines is 2. The van der Waals surface area contributed by atoms with Gasteiger partial charge in [-0.2, -0.15) is 4.98 Å². The number of nitrogens with zero attached hydrogens (tertiary/aromatic N) is 3. The first-order chi connectivity index (χ1) is 9.24. The maximum Gasteiger partial charge on any atom is 0.242 e. The van der Waals surface area contributed by atoms with Crippen molar-refractivity contribution in [3.63, 3.8) is 0 Å². The van der Waals surface area contributed by atoms with E-state index in [-0.39, 0.29) is 6.10 Å². The van der Waals surface area contributed by atoms with Gasteiger partial charge in [-0.25, -0.2) is 4.98 Å². The van der Waals surface area contributed by atoms with Crippen LogP contribution in [-0.2, 0) is 4.74 Å². The van der Waals surface area contributed by atoms with Gasteiger partial charge in [0.1, 0.15) is 12.0 Å². The minimum absolute atomic E-state index is 0.147. The van der Waals surface area contributed by atoms with Crippen LogP contribution in [-0.4, -0.2) is 60.9 Å². The molecular weight excluding hydrogens is 246 g/mol. The van der Waals surface area contributed by atoms with E-state index in [4.69, 9.17) is 15.2 Å².